The van der Waals surface area contributed by atoms with Crippen LogP contribution in [0.1, 0.15) is 0 Å². The van der Waals surface area contributed by atoms with E-state index in [0.717, 1.165) is 14.8 Å². The number of thiophene rings is 1. The van der Waals surface area contributed by atoms with Crippen molar-refractivity contribution in [1.29, 1.82) is 0 Å². The van der Waals surface area contributed by atoms with E-state index in [2.05, 4.69) is 4.98 Å². The molecule has 1 aromatic carbocycles. The van der Waals surface area contributed by atoms with Gasteiger partial charge in [0.2, 0.25) is 0 Å². The summed E-state index contributed by atoms with van der Waals surface area (Å²) in [5, 5.41) is 0.906. The molecule has 0 saturated heterocycles. The van der Waals surface area contributed by atoms with Crippen LogP contribution >= 0.6 is 11.3 Å². The maximum absolute atomic E-state index is 11.1. The highest BCUT2D eigenvalue weighted by Gasteiger charge is 2.11. The molecule has 0 unspecified atom stereocenters. The van der Waals surface area contributed by atoms with Gasteiger partial charge < -0.3 is 10.2 Å². The average molecular weight is 218 g/mol. The second-order valence-electron chi connectivity index (χ2n) is 3.12. The zero-order valence-corrected chi connectivity index (χ0v) is 8.38. The number of rotatable bonds is 0. The molecule has 0 amide bonds. The highest BCUT2D eigenvalue weighted by atomic mass is 32.1. The summed E-state index contributed by atoms with van der Waals surface area (Å²) in [6.07, 6.45) is 0. The number of benzene rings is 1. The predicted molar refractivity (Wildman–Crippen MR) is 60.1 cm³/mol. The first kappa shape index (κ1) is 8.43. The number of nitrogen functional groups attached to an aromatic ring is 1. The lowest BCUT2D eigenvalue weighted by molar-refractivity contribution is 0.537. The minimum Gasteiger partial charge on any atom is -0.406 e. The molecule has 3 aromatic rings. The highest BCUT2D eigenvalue weighted by molar-refractivity contribution is 7.26. The number of fused-ring (bicyclic) bond motifs is 3. The van der Waals surface area contributed by atoms with Crippen molar-refractivity contribution in [3.05, 3.63) is 34.8 Å². The Morgan fingerprint density at radius 1 is 1.33 bits per heavy atom. The van der Waals surface area contributed by atoms with E-state index in [-0.39, 0.29) is 5.82 Å². The number of nitrogens with two attached hydrogens (primary N) is 1. The zero-order chi connectivity index (χ0) is 10.4. The molecule has 0 fully saturated rings. The van der Waals surface area contributed by atoms with Gasteiger partial charge in [0.15, 0.2) is 11.4 Å². The van der Waals surface area contributed by atoms with Crippen LogP contribution in [-0.4, -0.2) is 4.98 Å². The van der Waals surface area contributed by atoms with E-state index < -0.39 is 5.76 Å². The molecule has 2 N–H and O–H groups in total. The van der Waals surface area contributed by atoms with E-state index in [1.165, 1.54) is 11.3 Å². The van der Waals surface area contributed by atoms with Crippen LogP contribution < -0.4 is 11.5 Å². The third-order valence-corrected chi connectivity index (χ3v) is 3.36. The van der Waals surface area contributed by atoms with Crippen molar-refractivity contribution in [3.8, 4) is 0 Å². The summed E-state index contributed by atoms with van der Waals surface area (Å²) in [4.78, 5) is 14.7. The average Bonchev–Trinajstić information content (AvgIpc) is 2.57. The SMILES string of the molecule is Nc1nc(=O)oc2c1sc1ccccc12. The van der Waals surface area contributed by atoms with Crippen molar-refractivity contribution < 1.29 is 4.42 Å². The Morgan fingerprint density at radius 3 is 3.00 bits per heavy atom. The van der Waals surface area contributed by atoms with Crippen molar-refractivity contribution in [2.75, 3.05) is 5.73 Å². The summed E-state index contributed by atoms with van der Waals surface area (Å²) in [5.41, 5.74) is 6.20. The minimum atomic E-state index is -0.649. The quantitative estimate of drug-likeness (QED) is 0.626. The number of hydrogen-bond donors (Lipinski definition) is 1. The van der Waals surface area contributed by atoms with E-state index >= 15 is 0 Å². The number of nitrogens with zero attached hydrogens (tertiary/aromatic N) is 1. The third-order valence-electron chi connectivity index (χ3n) is 2.18. The Hall–Kier alpha value is -1.88. The summed E-state index contributed by atoms with van der Waals surface area (Å²) in [5.74, 6) is -0.411. The Balaban J connectivity index is 2.66. The first-order valence-electron chi connectivity index (χ1n) is 4.33. The van der Waals surface area contributed by atoms with Crippen molar-refractivity contribution in [2.24, 2.45) is 0 Å². The Bertz CT molecular complexity index is 714. The molecule has 15 heavy (non-hydrogen) atoms. The molecule has 0 aliphatic rings. The van der Waals surface area contributed by atoms with Crippen molar-refractivity contribution in [1.82, 2.24) is 4.98 Å². The van der Waals surface area contributed by atoms with Gasteiger partial charge in [-0.3, -0.25) is 0 Å². The smallest absolute Gasteiger partial charge is 0.406 e. The largest absolute Gasteiger partial charge is 0.441 e. The standard InChI is InChI=1S/C10H6N2O2S/c11-9-8-7(14-10(13)12-9)5-3-1-2-4-6(5)15-8/h1-4H,(H2,11,12,13). The van der Waals surface area contributed by atoms with Crippen molar-refractivity contribution in [3.63, 3.8) is 0 Å². The van der Waals surface area contributed by atoms with Crippen LogP contribution in [0, 0.1) is 0 Å². The molecule has 0 aliphatic carbocycles. The van der Waals surface area contributed by atoms with Gasteiger partial charge in [-0.05, 0) is 12.1 Å². The third kappa shape index (κ3) is 1.13. The number of hydrogen-bond acceptors (Lipinski definition) is 5. The summed E-state index contributed by atoms with van der Waals surface area (Å²) in [7, 11) is 0. The van der Waals surface area contributed by atoms with Gasteiger partial charge in [-0.2, -0.15) is 4.98 Å². The zero-order valence-electron chi connectivity index (χ0n) is 7.56. The van der Waals surface area contributed by atoms with Crippen molar-refractivity contribution in [2.45, 2.75) is 0 Å². The summed E-state index contributed by atoms with van der Waals surface area (Å²) in [6.45, 7) is 0. The lowest BCUT2D eigenvalue weighted by Crippen LogP contribution is -2.06. The topological polar surface area (TPSA) is 69.1 Å². The van der Waals surface area contributed by atoms with Crippen molar-refractivity contribution >= 4 is 37.5 Å². The monoisotopic (exact) mass is 218 g/mol. The van der Waals surface area contributed by atoms with Gasteiger partial charge in [0.05, 0.1) is 0 Å². The molecule has 2 aromatic heterocycles. The van der Waals surface area contributed by atoms with Crippen LogP contribution in [0.2, 0.25) is 0 Å². The highest BCUT2D eigenvalue weighted by Crippen LogP contribution is 2.34. The Kier molecular flexibility index (Phi) is 1.58. The van der Waals surface area contributed by atoms with Gasteiger partial charge in [0.1, 0.15) is 4.70 Å². The van der Waals surface area contributed by atoms with Gasteiger partial charge >= 0.3 is 5.76 Å². The predicted octanol–water partition coefficient (Wildman–Crippen LogP) is 1.98. The first-order chi connectivity index (χ1) is 7.25. The van der Waals surface area contributed by atoms with E-state index in [1.54, 1.807) is 0 Å². The maximum Gasteiger partial charge on any atom is 0.441 e. The van der Waals surface area contributed by atoms with E-state index in [1.807, 2.05) is 24.3 Å². The molecule has 3 rings (SSSR count). The van der Waals surface area contributed by atoms with E-state index in [4.69, 9.17) is 10.2 Å². The molecule has 0 saturated carbocycles. The molecule has 74 valence electrons. The lowest BCUT2D eigenvalue weighted by atomic mass is 10.2. The van der Waals surface area contributed by atoms with Gasteiger partial charge in [0, 0.05) is 10.1 Å². The first-order valence-corrected chi connectivity index (χ1v) is 5.15. The summed E-state index contributed by atoms with van der Waals surface area (Å²) < 4.78 is 6.83. The van der Waals surface area contributed by atoms with Gasteiger partial charge in [-0.15, -0.1) is 11.3 Å². The van der Waals surface area contributed by atoms with Crippen LogP contribution in [0.4, 0.5) is 5.82 Å². The lowest BCUT2D eigenvalue weighted by Gasteiger charge is -1.91. The van der Waals surface area contributed by atoms with Crippen LogP contribution in [0.3, 0.4) is 0 Å². The van der Waals surface area contributed by atoms with E-state index in [9.17, 15) is 4.79 Å². The molecule has 0 spiro atoms. The molecule has 0 atom stereocenters. The van der Waals surface area contributed by atoms with Gasteiger partial charge in [-0.25, -0.2) is 4.79 Å². The molecule has 0 bridgehead atoms. The summed E-state index contributed by atoms with van der Waals surface area (Å²) in [6, 6.07) is 7.68. The van der Waals surface area contributed by atoms with E-state index in [0.29, 0.717) is 5.58 Å². The molecular formula is C10H6N2O2S. The fourth-order valence-corrected chi connectivity index (χ4v) is 2.58. The van der Waals surface area contributed by atoms with Crippen LogP contribution in [-0.2, 0) is 0 Å². The van der Waals surface area contributed by atoms with Crippen LogP contribution in [0.25, 0.3) is 20.4 Å². The number of aromatic nitrogens is 1. The Labute approximate surface area is 88.0 Å². The van der Waals surface area contributed by atoms with Crippen LogP contribution in [0.5, 0.6) is 0 Å². The molecule has 0 radical (unpaired) electrons. The fraction of sp³-hybridized carbons (Fsp3) is 0. The molecule has 2 heterocycles. The second kappa shape index (κ2) is 2.80. The molecule has 4 nitrogen and oxygen atoms in total. The second-order valence-corrected chi connectivity index (χ2v) is 4.17. The van der Waals surface area contributed by atoms with Gasteiger partial charge in [-0.1, -0.05) is 12.1 Å². The number of anilines is 1. The minimum absolute atomic E-state index is 0.238. The Morgan fingerprint density at radius 2 is 2.13 bits per heavy atom. The normalized spacial score (nSPS) is 11.2. The molecular weight excluding hydrogens is 212 g/mol. The van der Waals surface area contributed by atoms with Crippen LogP contribution in [0.15, 0.2) is 33.5 Å². The molecule has 0 aliphatic heterocycles. The summed E-state index contributed by atoms with van der Waals surface area (Å²) >= 11 is 1.48. The van der Waals surface area contributed by atoms with Gasteiger partial charge in [0.25, 0.3) is 0 Å². The fourth-order valence-electron chi connectivity index (χ4n) is 1.55. The molecule has 5 heteroatoms. The maximum atomic E-state index is 11.1.